The van der Waals surface area contributed by atoms with Crippen molar-refractivity contribution in [3.05, 3.63) is 40.3 Å². The molecule has 7 nitrogen and oxygen atoms in total. The quantitative estimate of drug-likeness (QED) is 0.847. The molecule has 128 valence electrons. The summed E-state index contributed by atoms with van der Waals surface area (Å²) in [7, 11) is 1.71. The van der Waals surface area contributed by atoms with Crippen LogP contribution in [0, 0.1) is 6.92 Å². The number of hydrogen-bond acceptors (Lipinski definition) is 6. The van der Waals surface area contributed by atoms with E-state index in [4.69, 9.17) is 4.98 Å². The van der Waals surface area contributed by atoms with Gasteiger partial charge in [-0.25, -0.2) is 15.0 Å². The highest BCUT2D eigenvalue weighted by Crippen LogP contribution is 2.20. The third-order valence-corrected chi connectivity index (χ3v) is 4.27. The molecule has 2 aromatic heterocycles. The van der Waals surface area contributed by atoms with Crippen LogP contribution in [0.25, 0.3) is 0 Å². The molecule has 0 aliphatic carbocycles. The first-order valence-corrected chi connectivity index (χ1v) is 8.32. The summed E-state index contributed by atoms with van der Waals surface area (Å²) in [5, 5.41) is 0. The topological polar surface area (TPSA) is 67.2 Å². The van der Waals surface area contributed by atoms with E-state index >= 15 is 0 Å². The lowest BCUT2D eigenvalue weighted by molar-refractivity contribution is 0.632. The highest BCUT2D eigenvalue weighted by molar-refractivity contribution is 5.45. The number of anilines is 2. The van der Waals surface area contributed by atoms with E-state index < -0.39 is 0 Å². The van der Waals surface area contributed by atoms with Crippen molar-refractivity contribution in [1.29, 1.82) is 0 Å². The van der Waals surface area contributed by atoms with E-state index in [0.717, 1.165) is 49.3 Å². The molecule has 0 amide bonds. The molecule has 1 aliphatic rings. The molecule has 0 atom stereocenters. The molecule has 0 radical (unpaired) electrons. The maximum Gasteiger partial charge on any atom is 0.255 e. The van der Waals surface area contributed by atoms with Crippen molar-refractivity contribution in [2.45, 2.75) is 26.7 Å². The molecule has 1 saturated heterocycles. The van der Waals surface area contributed by atoms with E-state index in [9.17, 15) is 4.79 Å². The molecule has 0 bridgehead atoms. The van der Waals surface area contributed by atoms with Crippen LogP contribution in [0.5, 0.6) is 0 Å². The standard InChI is InChI=1S/C17H24N6O/c1-12(2)17-19-13(3)9-15(20-17)23-7-5-22(6-8-23)14-10-16(24)21(4)11-18-14/h9-12H,5-8H2,1-4H3. The van der Waals surface area contributed by atoms with Crippen molar-refractivity contribution in [3.63, 3.8) is 0 Å². The average Bonchev–Trinajstić information content (AvgIpc) is 2.57. The fourth-order valence-electron chi connectivity index (χ4n) is 2.78. The molecule has 2 aromatic rings. The smallest absolute Gasteiger partial charge is 0.255 e. The van der Waals surface area contributed by atoms with Crippen molar-refractivity contribution >= 4 is 11.6 Å². The van der Waals surface area contributed by atoms with Gasteiger partial charge in [0.15, 0.2) is 0 Å². The zero-order valence-corrected chi connectivity index (χ0v) is 14.7. The number of aromatic nitrogens is 4. The van der Waals surface area contributed by atoms with Gasteiger partial charge in [-0.15, -0.1) is 0 Å². The maximum atomic E-state index is 11.8. The molecular weight excluding hydrogens is 304 g/mol. The van der Waals surface area contributed by atoms with Crippen LogP contribution in [-0.2, 0) is 7.05 Å². The van der Waals surface area contributed by atoms with Crippen LogP contribution in [-0.4, -0.2) is 45.7 Å². The SMILES string of the molecule is Cc1cc(N2CCN(c3cc(=O)n(C)cn3)CC2)nc(C(C)C)n1. The summed E-state index contributed by atoms with van der Waals surface area (Å²) >= 11 is 0. The molecule has 0 saturated carbocycles. The zero-order chi connectivity index (χ0) is 17.3. The van der Waals surface area contributed by atoms with Crippen molar-refractivity contribution in [3.8, 4) is 0 Å². The second-order valence-electron chi connectivity index (χ2n) is 6.55. The van der Waals surface area contributed by atoms with E-state index in [1.165, 1.54) is 4.57 Å². The predicted molar refractivity (Wildman–Crippen MR) is 94.8 cm³/mol. The highest BCUT2D eigenvalue weighted by Gasteiger charge is 2.20. The zero-order valence-electron chi connectivity index (χ0n) is 14.7. The minimum absolute atomic E-state index is 0.0320. The van der Waals surface area contributed by atoms with E-state index in [2.05, 4.69) is 33.6 Å². The Morgan fingerprint density at radius 1 is 1.00 bits per heavy atom. The summed E-state index contributed by atoms with van der Waals surface area (Å²) in [6.07, 6.45) is 1.58. The van der Waals surface area contributed by atoms with Crippen LogP contribution in [0.4, 0.5) is 11.6 Å². The number of nitrogens with zero attached hydrogens (tertiary/aromatic N) is 6. The third-order valence-electron chi connectivity index (χ3n) is 4.27. The second kappa shape index (κ2) is 6.59. The average molecular weight is 328 g/mol. The lowest BCUT2D eigenvalue weighted by atomic mass is 10.2. The van der Waals surface area contributed by atoms with Crippen molar-refractivity contribution in [1.82, 2.24) is 19.5 Å². The van der Waals surface area contributed by atoms with Gasteiger partial charge in [0.2, 0.25) is 0 Å². The lowest BCUT2D eigenvalue weighted by Gasteiger charge is -2.36. The van der Waals surface area contributed by atoms with Gasteiger partial charge in [0.1, 0.15) is 17.5 Å². The van der Waals surface area contributed by atoms with E-state index in [-0.39, 0.29) is 5.56 Å². The second-order valence-corrected chi connectivity index (χ2v) is 6.55. The Morgan fingerprint density at radius 3 is 2.21 bits per heavy atom. The summed E-state index contributed by atoms with van der Waals surface area (Å²) < 4.78 is 1.48. The van der Waals surface area contributed by atoms with Crippen LogP contribution in [0.2, 0.25) is 0 Å². The summed E-state index contributed by atoms with van der Waals surface area (Å²) in [5.41, 5.74) is 0.967. The van der Waals surface area contributed by atoms with Gasteiger partial charge in [-0.3, -0.25) is 4.79 Å². The molecule has 3 heterocycles. The number of hydrogen-bond donors (Lipinski definition) is 0. The summed E-state index contributed by atoms with van der Waals surface area (Å²) in [4.78, 5) is 29.8. The maximum absolute atomic E-state index is 11.8. The van der Waals surface area contributed by atoms with Crippen LogP contribution < -0.4 is 15.4 Å². The van der Waals surface area contributed by atoms with Gasteiger partial charge in [-0.2, -0.15) is 0 Å². The van der Waals surface area contributed by atoms with Gasteiger partial charge >= 0.3 is 0 Å². The van der Waals surface area contributed by atoms with Gasteiger partial charge in [0.05, 0.1) is 6.33 Å². The Morgan fingerprint density at radius 2 is 1.62 bits per heavy atom. The highest BCUT2D eigenvalue weighted by atomic mass is 16.1. The fraction of sp³-hybridized carbons (Fsp3) is 0.529. The van der Waals surface area contributed by atoms with E-state index in [1.54, 1.807) is 19.4 Å². The predicted octanol–water partition coefficient (Wildman–Crippen LogP) is 1.33. The summed E-state index contributed by atoms with van der Waals surface area (Å²) in [5.74, 6) is 2.94. The summed E-state index contributed by atoms with van der Waals surface area (Å²) in [6, 6.07) is 3.64. The first kappa shape index (κ1) is 16.4. The first-order valence-electron chi connectivity index (χ1n) is 8.32. The normalized spacial score (nSPS) is 15.2. The van der Waals surface area contributed by atoms with Gasteiger partial charge in [-0.05, 0) is 6.92 Å². The minimum atomic E-state index is -0.0320. The summed E-state index contributed by atoms with van der Waals surface area (Å²) in [6.45, 7) is 9.57. The van der Waals surface area contributed by atoms with E-state index in [1.807, 2.05) is 13.0 Å². The monoisotopic (exact) mass is 328 g/mol. The van der Waals surface area contributed by atoms with Crippen LogP contribution >= 0.6 is 0 Å². The van der Waals surface area contributed by atoms with Crippen LogP contribution in [0.1, 0.15) is 31.3 Å². The Labute approximate surface area is 142 Å². The Kier molecular flexibility index (Phi) is 4.51. The minimum Gasteiger partial charge on any atom is -0.353 e. The molecule has 0 aromatic carbocycles. The molecule has 24 heavy (non-hydrogen) atoms. The number of piperazine rings is 1. The lowest BCUT2D eigenvalue weighted by Crippen LogP contribution is -2.47. The van der Waals surface area contributed by atoms with Crippen molar-refractivity contribution in [2.75, 3.05) is 36.0 Å². The first-order chi connectivity index (χ1) is 11.4. The van der Waals surface area contributed by atoms with Crippen molar-refractivity contribution < 1.29 is 0 Å². The molecule has 0 N–H and O–H groups in total. The molecule has 7 heteroatoms. The van der Waals surface area contributed by atoms with E-state index in [0.29, 0.717) is 5.92 Å². The van der Waals surface area contributed by atoms with Crippen LogP contribution in [0.15, 0.2) is 23.3 Å². The van der Waals surface area contributed by atoms with Gasteiger partial charge in [-0.1, -0.05) is 13.8 Å². The largest absolute Gasteiger partial charge is 0.353 e. The Bertz CT molecular complexity index is 777. The number of rotatable bonds is 3. The molecule has 3 rings (SSSR count). The third kappa shape index (κ3) is 3.39. The molecule has 0 spiro atoms. The Balaban J connectivity index is 1.73. The number of aryl methyl sites for hydroxylation is 2. The Hall–Kier alpha value is -2.44. The van der Waals surface area contributed by atoms with Gasteiger partial charge < -0.3 is 14.4 Å². The van der Waals surface area contributed by atoms with Crippen LogP contribution in [0.3, 0.4) is 0 Å². The van der Waals surface area contributed by atoms with Gasteiger partial charge in [0.25, 0.3) is 5.56 Å². The molecule has 1 fully saturated rings. The molecule has 1 aliphatic heterocycles. The molecular formula is C17H24N6O. The molecule has 0 unspecified atom stereocenters. The fourth-order valence-corrected chi connectivity index (χ4v) is 2.78. The van der Waals surface area contributed by atoms with Gasteiger partial charge in [0, 0.05) is 57.0 Å². The van der Waals surface area contributed by atoms with Crippen molar-refractivity contribution in [2.24, 2.45) is 7.05 Å².